The summed E-state index contributed by atoms with van der Waals surface area (Å²) in [6.07, 6.45) is 4.06. The average molecular weight is 227 g/mol. The van der Waals surface area contributed by atoms with Crippen LogP contribution in [0.5, 0.6) is 0 Å². The number of aliphatic hydroxyl groups is 1. The number of hydrogen-bond acceptors (Lipinski definition) is 3. The third kappa shape index (κ3) is 1.78. The Hall–Kier alpha value is -1.26. The molecule has 0 saturated heterocycles. The molecule has 0 spiro atoms. The van der Waals surface area contributed by atoms with Crippen LogP contribution in [0, 0.1) is 0 Å². The summed E-state index contributed by atoms with van der Waals surface area (Å²) in [6.45, 7) is 2.73. The first-order chi connectivity index (χ1) is 7.24. The minimum atomic E-state index is -0.841. The van der Waals surface area contributed by atoms with Crippen molar-refractivity contribution in [1.82, 2.24) is 9.55 Å². The zero-order valence-corrected chi connectivity index (χ0v) is 8.98. The monoisotopic (exact) mass is 226 g/mol. The normalized spacial score (nSPS) is 13.0. The van der Waals surface area contributed by atoms with Gasteiger partial charge in [0, 0.05) is 24.5 Å². The lowest BCUT2D eigenvalue weighted by atomic mass is 10.2. The SMILES string of the molecule is CCn1ccnc1C(O)c1ccoc1Cl. The van der Waals surface area contributed by atoms with Gasteiger partial charge in [0.1, 0.15) is 11.9 Å². The lowest BCUT2D eigenvalue weighted by Gasteiger charge is -2.10. The molecule has 1 N–H and O–H groups in total. The number of halogens is 1. The molecule has 0 bridgehead atoms. The van der Waals surface area contributed by atoms with Gasteiger partial charge in [0.05, 0.1) is 6.26 Å². The molecule has 5 heteroatoms. The first-order valence-electron chi connectivity index (χ1n) is 4.66. The second kappa shape index (κ2) is 4.08. The number of aliphatic hydroxyl groups excluding tert-OH is 1. The van der Waals surface area contributed by atoms with E-state index in [-0.39, 0.29) is 5.22 Å². The fourth-order valence-electron chi connectivity index (χ4n) is 1.47. The van der Waals surface area contributed by atoms with Crippen LogP contribution in [0.3, 0.4) is 0 Å². The van der Waals surface area contributed by atoms with Crippen molar-refractivity contribution in [3.05, 3.63) is 41.3 Å². The summed E-state index contributed by atoms with van der Waals surface area (Å²) >= 11 is 5.78. The number of furan rings is 1. The van der Waals surface area contributed by atoms with Gasteiger partial charge in [0.2, 0.25) is 0 Å². The van der Waals surface area contributed by atoms with Crippen molar-refractivity contribution in [1.29, 1.82) is 0 Å². The summed E-state index contributed by atoms with van der Waals surface area (Å²) in [5.74, 6) is 0.570. The van der Waals surface area contributed by atoms with E-state index in [0.29, 0.717) is 11.4 Å². The third-order valence-corrected chi connectivity index (χ3v) is 2.58. The summed E-state index contributed by atoms with van der Waals surface area (Å²) in [5, 5.41) is 10.2. The molecule has 2 aromatic rings. The van der Waals surface area contributed by atoms with Crippen molar-refractivity contribution >= 4 is 11.6 Å². The fraction of sp³-hybridized carbons (Fsp3) is 0.300. The lowest BCUT2D eigenvalue weighted by molar-refractivity contribution is 0.204. The van der Waals surface area contributed by atoms with Gasteiger partial charge >= 0.3 is 0 Å². The molecule has 0 aliphatic rings. The van der Waals surface area contributed by atoms with Gasteiger partial charge in [-0.25, -0.2) is 4.98 Å². The summed E-state index contributed by atoms with van der Waals surface area (Å²) < 4.78 is 6.78. The van der Waals surface area contributed by atoms with Crippen molar-refractivity contribution in [2.75, 3.05) is 0 Å². The Morgan fingerprint density at radius 2 is 2.47 bits per heavy atom. The quantitative estimate of drug-likeness (QED) is 0.873. The molecule has 4 nitrogen and oxygen atoms in total. The number of aromatic nitrogens is 2. The molecule has 2 rings (SSSR count). The molecule has 2 heterocycles. The fourth-order valence-corrected chi connectivity index (χ4v) is 1.69. The molecule has 80 valence electrons. The molecule has 0 amide bonds. The van der Waals surface area contributed by atoms with Crippen LogP contribution in [-0.2, 0) is 6.54 Å². The molecule has 0 aromatic carbocycles. The Morgan fingerprint density at radius 3 is 3.07 bits per heavy atom. The Morgan fingerprint density at radius 1 is 1.67 bits per heavy atom. The molecular weight excluding hydrogens is 216 g/mol. The van der Waals surface area contributed by atoms with E-state index < -0.39 is 6.10 Å². The highest BCUT2D eigenvalue weighted by molar-refractivity contribution is 6.29. The minimum Gasteiger partial charge on any atom is -0.453 e. The van der Waals surface area contributed by atoms with Gasteiger partial charge in [0.25, 0.3) is 0 Å². The maximum Gasteiger partial charge on any atom is 0.199 e. The van der Waals surface area contributed by atoms with Gasteiger partial charge < -0.3 is 14.1 Å². The number of rotatable bonds is 3. The van der Waals surface area contributed by atoms with Crippen LogP contribution in [0.4, 0.5) is 0 Å². The molecule has 0 fully saturated rings. The van der Waals surface area contributed by atoms with Crippen LogP contribution in [0.15, 0.2) is 29.1 Å². The van der Waals surface area contributed by atoms with Crippen molar-refractivity contribution in [2.45, 2.75) is 19.6 Å². The average Bonchev–Trinajstić information content (AvgIpc) is 2.84. The number of aryl methyl sites for hydroxylation is 1. The second-order valence-corrected chi connectivity index (χ2v) is 3.47. The third-order valence-electron chi connectivity index (χ3n) is 2.27. The number of imidazole rings is 1. The Bertz CT molecular complexity index is 450. The largest absolute Gasteiger partial charge is 0.453 e. The highest BCUT2D eigenvalue weighted by Crippen LogP contribution is 2.28. The van der Waals surface area contributed by atoms with Crippen LogP contribution in [0.1, 0.15) is 24.4 Å². The van der Waals surface area contributed by atoms with Crippen LogP contribution in [-0.4, -0.2) is 14.7 Å². The van der Waals surface area contributed by atoms with Crippen molar-refractivity contribution < 1.29 is 9.52 Å². The zero-order chi connectivity index (χ0) is 10.8. The molecule has 0 saturated carbocycles. The standard InChI is InChI=1S/C10H11ClN2O2/c1-2-13-5-4-12-10(13)8(14)7-3-6-15-9(7)11/h3-6,8,14H,2H2,1H3. The van der Waals surface area contributed by atoms with E-state index in [1.165, 1.54) is 6.26 Å². The predicted octanol–water partition coefficient (Wildman–Crippen LogP) is 2.23. The zero-order valence-electron chi connectivity index (χ0n) is 8.22. The predicted molar refractivity (Wildman–Crippen MR) is 55.7 cm³/mol. The molecule has 0 radical (unpaired) electrons. The van der Waals surface area contributed by atoms with Crippen molar-refractivity contribution in [3.8, 4) is 0 Å². The van der Waals surface area contributed by atoms with Crippen molar-refractivity contribution in [2.24, 2.45) is 0 Å². The van der Waals surface area contributed by atoms with Gasteiger partial charge in [-0.1, -0.05) is 0 Å². The van der Waals surface area contributed by atoms with E-state index in [9.17, 15) is 5.11 Å². The van der Waals surface area contributed by atoms with Crippen LogP contribution >= 0.6 is 11.6 Å². The van der Waals surface area contributed by atoms with Crippen LogP contribution in [0.25, 0.3) is 0 Å². The molecular formula is C10H11ClN2O2. The van der Waals surface area contributed by atoms with Crippen molar-refractivity contribution in [3.63, 3.8) is 0 Å². The maximum atomic E-state index is 10.0. The maximum absolute atomic E-state index is 10.0. The van der Waals surface area contributed by atoms with E-state index in [0.717, 1.165) is 6.54 Å². The van der Waals surface area contributed by atoms with E-state index in [1.807, 2.05) is 17.7 Å². The first kappa shape index (κ1) is 10.3. The Kier molecular flexibility index (Phi) is 2.79. The van der Waals surface area contributed by atoms with E-state index in [2.05, 4.69) is 4.98 Å². The number of hydrogen-bond donors (Lipinski definition) is 1. The summed E-state index contributed by atoms with van der Waals surface area (Å²) in [4.78, 5) is 4.10. The lowest BCUT2D eigenvalue weighted by Crippen LogP contribution is -2.08. The molecule has 15 heavy (non-hydrogen) atoms. The smallest absolute Gasteiger partial charge is 0.199 e. The Labute approximate surface area is 92.1 Å². The van der Waals surface area contributed by atoms with Gasteiger partial charge in [-0.05, 0) is 24.6 Å². The first-order valence-corrected chi connectivity index (χ1v) is 5.03. The van der Waals surface area contributed by atoms with Gasteiger partial charge in [-0.2, -0.15) is 0 Å². The highest BCUT2D eigenvalue weighted by atomic mass is 35.5. The summed E-state index contributed by atoms with van der Waals surface area (Å²) in [5.41, 5.74) is 0.539. The number of nitrogens with zero attached hydrogens (tertiary/aromatic N) is 2. The molecule has 2 aromatic heterocycles. The summed E-state index contributed by atoms with van der Waals surface area (Å²) in [6, 6.07) is 1.64. The van der Waals surface area contributed by atoms with Crippen LogP contribution < -0.4 is 0 Å². The van der Waals surface area contributed by atoms with E-state index in [1.54, 1.807) is 12.3 Å². The highest BCUT2D eigenvalue weighted by Gasteiger charge is 2.20. The molecule has 0 aliphatic carbocycles. The topological polar surface area (TPSA) is 51.2 Å². The molecule has 0 aliphatic heterocycles. The second-order valence-electron chi connectivity index (χ2n) is 3.12. The molecule has 1 atom stereocenters. The van der Waals surface area contributed by atoms with Gasteiger partial charge in [-0.3, -0.25) is 0 Å². The summed E-state index contributed by atoms with van der Waals surface area (Å²) in [7, 11) is 0. The van der Waals surface area contributed by atoms with Crippen LogP contribution in [0.2, 0.25) is 5.22 Å². The van der Waals surface area contributed by atoms with E-state index in [4.69, 9.17) is 16.0 Å². The molecule has 1 unspecified atom stereocenters. The minimum absolute atomic E-state index is 0.202. The van der Waals surface area contributed by atoms with Gasteiger partial charge in [0.15, 0.2) is 5.22 Å². The van der Waals surface area contributed by atoms with Gasteiger partial charge in [-0.15, -0.1) is 0 Å². The van der Waals surface area contributed by atoms with E-state index >= 15 is 0 Å². The Balaban J connectivity index is 2.36.